The number of hydrogen-bond donors (Lipinski definition) is 1. The third-order valence-corrected chi connectivity index (χ3v) is 6.99. The molecule has 2 aromatic carbocycles. The Bertz CT molecular complexity index is 1140. The zero-order chi connectivity index (χ0) is 25.7. The van der Waals surface area contributed by atoms with Gasteiger partial charge in [0.15, 0.2) is 11.6 Å². The van der Waals surface area contributed by atoms with Crippen LogP contribution in [0.15, 0.2) is 42.5 Å². The van der Waals surface area contributed by atoms with Gasteiger partial charge in [0, 0.05) is 38.0 Å². The van der Waals surface area contributed by atoms with Gasteiger partial charge in [-0.25, -0.2) is 4.39 Å². The molecule has 0 saturated carbocycles. The largest absolute Gasteiger partial charge is 0.497 e. The lowest BCUT2D eigenvalue weighted by Gasteiger charge is -2.35. The molecule has 0 spiro atoms. The molecule has 2 aromatic rings. The fourth-order valence-electron chi connectivity index (χ4n) is 4.97. The maximum atomic E-state index is 13.8. The molecule has 2 aliphatic heterocycles. The van der Waals surface area contributed by atoms with Crippen LogP contribution in [0, 0.1) is 5.82 Å². The van der Waals surface area contributed by atoms with Crippen LogP contribution in [0.4, 0.5) is 4.39 Å². The lowest BCUT2D eigenvalue weighted by atomic mass is 9.84. The first kappa shape index (κ1) is 25.5. The normalized spacial score (nSPS) is 19.9. The topological polar surface area (TPSA) is 88.2 Å². The molecule has 3 amide bonds. The lowest BCUT2D eigenvalue weighted by Crippen LogP contribution is -2.52. The fraction of sp³-hybridized carbons (Fsp3) is 0.444. The van der Waals surface area contributed by atoms with Crippen molar-refractivity contribution in [2.45, 2.75) is 44.2 Å². The zero-order valence-corrected chi connectivity index (χ0v) is 20.7. The first-order valence-corrected chi connectivity index (χ1v) is 12.1. The molecule has 1 N–H and O–H groups in total. The quantitative estimate of drug-likeness (QED) is 0.576. The maximum Gasteiger partial charge on any atom is 0.242 e. The van der Waals surface area contributed by atoms with Crippen molar-refractivity contribution in [2.75, 3.05) is 33.9 Å². The van der Waals surface area contributed by atoms with E-state index in [0.717, 1.165) is 16.9 Å². The molecule has 1 atom stereocenters. The summed E-state index contributed by atoms with van der Waals surface area (Å²) >= 11 is 0. The molecule has 0 unspecified atom stereocenters. The van der Waals surface area contributed by atoms with E-state index in [-0.39, 0.29) is 36.4 Å². The molecule has 2 aliphatic rings. The minimum absolute atomic E-state index is 0.0390. The third kappa shape index (κ3) is 5.95. The number of carbonyl (C=O) groups excluding carboxylic acids is 3. The van der Waals surface area contributed by atoms with E-state index in [0.29, 0.717) is 45.3 Å². The fourth-order valence-corrected chi connectivity index (χ4v) is 4.97. The third-order valence-electron chi connectivity index (χ3n) is 6.99. The highest BCUT2D eigenvalue weighted by atomic mass is 19.1. The second-order valence-corrected chi connectivity index (χ2v) is 9.46. The molecule has 0 bridgehead atoms. The van der Waals surface area contributed by atoms with Crippen LogP contribution in [0.1, 0.15) is 36.8 Å². The number of rotatable bonds is 9. The highest BCUT2D eigenvalue weighted by Crippen LogP contribution is 2.31. The summed E-state index contributed by atoms with van der Waals surface area (Å²) in [5, 5.41) is 3.05. The smallest absolute Gasteiger partial charge is 0.242 e. The Morgan fingerprint density at radius 3 is 2.61 bits per heavy atom. The molecule has 0 aliphatic carbocycles. The van der Waals surface area contributed by atoms with Crippen LogP contribution in [-0.4, -0.2) is 66.9 Å². The van der Waals surface area contributed by atoms with Crippen molar-refractivity contribution in [1.82, 2.24) is 15.1 Å². The second-order valence-electron chi connectivity index (χ2n) is 9.46. The molecular formula is C27H32FN3O5. The van der Waals surface area contributed by atoms with E-state index in [9.17, 15) is 18.8 Å². The number of nitrogens with zero attached hydrogens (tertiary/aromatic N) is 2. The Hall–Kier alpha value is -3.62. The number of piperazine rings is 1. The Labute approximate surface area is 210 Å². The van der Waals surface area contributed by atoms with Crippen molar-refractivity contribution in [2.24, 2.45) is 0 Å². The van der Waals surface area contributed by atoms with Crippen LogP contribution < -0.4 is 14.8 Å². The zero-order valence-electron chi connectivity index (χ0n) is 20.7. The van der Waals surface area contributed by atoms with Crippen LogP contribution >= 0.6 is 0 Å². The van der Waals surface area contributed by atoms with E-state index in [1.54, 1.807) is 29.0 Å². The Balaban J connectivity index is 1.35. The number of methoxy groups -OCH3 is 2. The number of carbonyl (C=O) groups is 3. The van der Waals surface area contributed by atoms with Crippen LogP contribution in [-0.2, 0) is 27.3 Å². The van der Waals surface area contributed by atoms with Crippen LogP contribution in [0.5, 0.6) is 11.5 Å². The van der Waals surface area contributed by atoms with Gasteiger partial charge in [-0.15, -0.1) is 0 Å². The standard InChI is InChI=1S/C27H32FN3O5/c1-35-21-5-3-4-20(14-21)17-30-12-13-31(18-26(30)34)25(33)9-11-27(10-8-24(32)29-27)16-19-6-7-22(28)23(15-19)36-2/h3-7,14-15H,8-13,16-18H2,1-2H3,(H,29,32)/t27-/m1/s1. The Morgan fingerprint density at radius 1 is 1.08 bits per heavy atom. The molecule has 0 radical (unpaired) electrons. The van der Waals surface area contributed by atoms with Crippen molar-refractivity contribution in [1.29, 1.82) is 0 Å². The van der Waals surface area contributed by atoms with Gasteiger partial charge in [0.05, 0.1) is 20.8 Å². The van der Waals surface area contributed by atoms with Gasteiger partial charge in [0.1, 0.15) is 5.75 Å². The molecule has 0 aromatic heterocycles. The number of hydrogen-bond acceptors (Lipinski definition) is 5. The van der Waals surface area contributed by atoms with Crippen LogP contribution in [0.2, 0.25) is 0 Å². The van der Waals surface area contributed by atoms with E-state index in [1.807, 2.05) is 24.3 Å². The highest BCUT2D eigenvalue weighted by Gasteiger charge is 2.39. The lowest BCUT2D eigenvalue weighted by molar-refractivity contribution is -0.145. The van der Waals surface area contributed by atoms with E-state index < -0.39 is 11.4 Å². The van der Waals surface area contributed by atoms with Crippen molar-refractivity contribution in [3.8, 4) is 11.5 Å². The van der Waals surface area contributed by atoms with Crippen LogP contribution in [0.3, 0.4) is 0 Å². The van der Waals surface area contributed by atoms with Gasteiger partial charge in [-0.1, -0.05) is 18.2 Å². The second kappa shape index (κ2) is 11.0. The van der Waals surface area contributed by atoms with Gasteiger partial charge in [0.25, 0.3) is 0 Å². The predicted octanol–water partition coefficient (Wildman–Crippen LogP) is 2.69. The average Bonchev–Trinajstić information content (AvgIpc) is 3.25. The average molecular weight is 498 g/mol. The Morgan fingerprint density at radius 2 is 1.92 bits per heavy atom. The number of ether oxygens (including phenoxy) is 2. The SMILES string of the molecule is COc1cccc(CN2CCN(C(=O)CC[C@@]3(Cc4ccc(F)c(OC)c4)CCC(=O)N3)CC2=O)c1. The van der Waals surface area contributed by atoms with Gasteiger partial charge in [-0.05, 0) is 54.7 Å². The molecule has 2 saturated heterocycles. The van der Waals surface area contributed by atoms with Gasteiger partial charge in [-0.3, -0.25) is 14.4 Å². The first-order chi connectivity index (χ1) is 17.3. The summed E-state index contributed by atoms with van der Waals surface area (Å²) in [7, 11) is 3.01. The molecule has 36 heavy (non-hydrogen) atoms. The molecule has 8 nitrogen and oxygen atoms in total. The van der Waals surface area contributed by atoms with Gasteiger partial charge < -0.3 is 24.6 Å². The first-order valence-electron chi connectivity index (χ1n) is 12.1. The molecule has 4 rings (SSSR count). The number of halogens is 1. The summed E-state index contributed by atoms with van der Waals surface area (Å²) in [6.07, 6.45) is 2.09. The summed E-state index contributed by atoms with van der Waals surface area (Å²) in [4.78, 5) is 41.2. The van der Waals surface area contributed by atoms with E-state index >= 15 is 0 Å². The van der Waals surface area contributed by atoms with Crippen LogP contribution in [0.25, 0.3) is 0 Å². The summed E-state index contributed by atoms with van der Waals surface area (Å²) < 4.78 is 24.2. The molecule has 192 valence electrons. The van der Waals surface area contributed by atoms with E-state index in [1.165, 1.54) is 13.2 Å². The molecule has 9 heteroatoms. The number of nitrogens with one attached hydrogen (secondary N) is 1. The van der Waals surface area contributed by atoms with Crippen molar-refractivity contribution >= 4 is 17.7 Å². The Kier molecular flexibility index (Phi) is 7.76. The van der Waals surface area contributed by atoms with E-state index in [4.69, 9.17) is 9.47 Å². The summed E-state index contributed by atoms with van der Waals surface area (Å²) in [5.41, 5.74) is 1.20. The van der Waals surface area contributed by atoms with E-state index in [2.05, 4.69) is 5.32 Å². The number of benzene rings is 2. The minimum atomic E-state index is -0.590. The highest BCUT2D eigenvalue weighted by molar-refractivity contribution is 5.86. The van der Waals surface area contributed by atoms with Crippen molar-refractivity contribution in [3.05, 3.63) is 59.4 Å². The number of amides is 3. The van der Waals surface area contributed by atoms with Gasteiger partial charge in [-0.2, -0.15) is 0 Å². The van der Waals surface area contributed by atoms with Gasteiger partial charge >= 0.3 is 0 Å². The minimum Gasteiger partial charge on any atom is -0.497 e. The molecular weight excluding hydrogens is 465 g/mol. The summed E-state index contributed by atoms with van der Waals surface area (Å²) in [6, 6.07) is 12.2. The maximum absolute atomic E-state index is 13.8. The molecule has 2 fully saturated rings. The van der Waals surface area contributed by atoms with Crippen molar-refractivity contribution < 1.29 is 28.2 Å². The summed E-state index contributed by atoms with van der Waals surface area (Å²) in [6.45, 7) is 1.42. The monoisotopic (exact) mass is 497 g/mol. The van der Waals surface area contributed by atoms with Crippen molar-refractivity contribution in [3.63, 3.8) is 0 Å². The predicted molar refractivity (Wildman–Crippen MR) is 131 cm³/mol. The van der Waals surface area contributed by atoms with Gasteiger partial charge in [0.2, 0.25) is 17.7 Å². The molecule has 2 heterocycles. The summed E-state index contributed by atoms with van der Waals surface area (Å²) in [5.74, 6) is 0.171.